The van der Waals surface area contributed by atoms with Gasteiger partial charge in [-0.05, 0) is 30.8 Å². The van der Waals surface area contributed by atoms with E-state index in [4.69, 9.17) is 9.84 Å². The predicted octanol–water partition coefficient (Wildman–Crippen LogP) is 4.41. The zero-order chi connectivity index (χ0) is 17.7. The number of fused-ring (bicyclic) bond motifs is 4. The fourth-order valence-electron chi connectivity index (χ4n) is 4.34. The zero-order valence-electron chi connectivity index (χ0n) is 14.9. The van der Waals surface area contributed by atoms with E-state index >= 15 is 0 Å². The number of likely N-dealkylation sites (tertiary alicyclic amines) is 1. The maximum atomic E-state index is 6.61. The van der Waals surface area contributed by atoms with E-state index in [0.717, 1.165) is 48.3 Å². The lowest BCUT2D eigenvalue weighted by Gasteiger charge is -2.50. The molecule has 3 heterocycles. The third-order valence-corrected chi connectivity index (χ3v) is 6.38. The second-order valence-corrected chi connectivity index (χ2v) is 8.42. The summed E-state index contributed by atoms with van der Waals surface area (Å²) in [7, 11) is 2.18. The van der Waals surface area contributed by atoms with Gasteiger partial charge in [-0.3, -0.25) is 0 Å². The first-order valence-electron chi connectivity index (χ1n) is 9.24. The van der Waals surface area contributed by atoms with E-state index in [2.05, 4.69) is 81.4 Å². The molecule has 4 nitrogen and oxygen atoms in total. The summed E-state index contributed by atoms with van der Waals surface area (Å²) in [5.74, 6) is 1.03. The summed E-state index contributed by atoms with van der Waals surface area (Å²) in [4.78, 5) is 2.37. The Morgan fingerprint density at radius 1 is 1.08 bits per heavy atom. The van der Waals surface area contributed by atoms with Crippen LogP contribution in [0.4, 0.5) is 0 Å². The molecule has 1 fully saturated rings. The van der Waals surface area contributed by atoms with Gasteiger partial charge in [0, 0.05) is 42.4 Å². The summed E-state index contributed by atoms with van der Waals surface area (Å²) in [6.45, 7) is 2.07. The Bertz CT molecular complexity index is 856. The summed E-state index contributed by atoms with van der Waals surface area (Å²) < 4.78 is 7.71. The fourth-order valence-corrected chi connectivity index (χ4v) is 4.61. The van der Waals surface area contributed by atoms with Crippen LogP contribution in [0.1, 0.15) is 36.4 Å². The number of hydrazone groups is 1. The van der Waals surface area contributed by atoms with Gasteiger partial charge in [0.15, 0.2) is 0 Å². The smallest absolute Gasteiger partial charge is 0.200 e. The second-order valence-electron chi connectivity index (χ2n) is 7.51. The molecule has 0 bridgehead atoms. The molecule has 1 spiro atoms. The molecular weight excluding hydrogens is 390 g/mol. The van der Waals surface area contributed by atoms with Crippen LogP contribution in [-0.2, 0) is 0 Å². The molecule has 0 aromatic heterocycles. The third kappa shape index (κ3) is 2.57. The molecular formula is C21H22BrN3O. The SMILES string of the molecule is CN1CCC2(CC1)Oc1ccccc1[C@@H]1CC(c3ccc(Br)cc3)=NN12. The van der Waals surface area contributed by atoms with Gasteiger partial charge in [-0.1, -0.05) is 46.3 Å². The van der Waals surface area contributed by atoms with Crippen LogP contribution in [0.15, 0.2) is 58.1 Å². The zero-order valence-corrected chi connectivity index (χ0v) is 16.4. The summed E-state index contributed by atoms with van der Waals surface area (Å²) in [6.07, 6.45) is 2.89. The van der Waals surface area contributed by atoms with Crippen LogP contribution in [0.3, 0.4) is 0 Å². The van der Waals surface area contributed by atoms with Crippen LogP contribution in [0.2, 0.25) is 0 Å². The van der Waals surface area contributed by atoms with E-state index in [0.29, 0.717) is 0 Å². The highest BCUT2D eigenvalue weighted by atomic mass is 79.9. The van der Waals surface area contributed by atoms with Gasteiger partial charge < -0.3 is 9.64 Å². The van der Waals surface area contributed by atoms with Gasteiger partial charge in [0.05, 0.1) is 11.8 Å². The van der Waals surface area contributed by atoms with E-state index in [1.807, 2.05) is 0 Å². The lowest BCUT2D eigenvalue weighted by atomic mass is 9.91. The fraction of sp³-hybridized carbons (Fsp3) is 0.381. The molecule has 1 atom stereocenters. The first kappa shape index (κ1) is 16.3. The molecule has 0 aliphatic carbocycles. The minimum Gasteiger partial charge on any atom is -0.466 e. The van der Waals surface area contributed by atoms with E-state index in [9.17, 15) is 0 Å². The molecule has 0 saturated carbocycles. The van der Waals surface area contributed by atoms with Gasteiger partial charge in [-0.15, -0.1) is 0 Å². The van der Waals surface area contributed by atoms with E-state index < -0.39 is 0 Å². The van der Waals surface area contributed by atoms with Crippen LogP contribution in [0, 0.1) is 0 Å². The molecule has 134 valence electrons. The number of benzene rings is 2. The standard InChI is InChI=1S/C21H22BrN3O/c1-24-12-10-21(11-13-24)25-19(17-4-2-3-5-20(17)26-21)14-18(23-25)15-6-8-16(22)9-7-15/h2-9,19H,10-14H2,1H3/t19-/m0/s1. The second kappa shape index (κ2) is 6.10. The Morgan fingerprint density at radius 2 is 1.81 bits per heavy atom. The third-order valence-electron chi connectivity index (χ3n) is 5.85. The Balaban J connectivity index is 1.57. The largest absolute Gasteiger partial charge is 0.466 e. The lowest BCUT2D eigenvalue weighted by molar-refractivity contribution is -0.147. The molecule has 2 aromatic rings. The summed E-state index contributed by atoms with van der Waals surface area (Å²) in [6, 6.07) is 17.2. The van der Waals surface area contributed by atoms with Crippen LogP contribution >= 0.6 is 15.9 Å². The lowest BCUT2D eigenvalue weighted by Crippen LogP contribution is -2.58. The molecule has 2 aromatic carbocycles. The Morgan fingerprint density at radius 3 is 2.58 bits per heavy atom. The Kier molecular flexibility index (Phi) is 3.83. The molecule has 3 aliphatic heterocycles. The quantitative estimate of drug-likeness (QED) is 0.695. The molecule has 26 heavy (non-hydrogen) atoms. The molecule has 1 saturated heterocycles. The summed E-state index contributed by atoms with van der Waals surface area (Å²) in [5, 5.41) is 7.38. The molecule has 5 rings (SSSR count). The average Bonchev–Trinajstić information content (AvgIpc) is 3.12. The number of hydrogen-bond acceptors (Lipinski definition) is 4. The highest BCUT2D eigenvalue weighted by Gasteiger charge is 2.51. The number of para-hydroxylation sites is 1. The summed E-state index contributed by atoms with van der Waals surface area (Å²) in [5.41, 5.74) is 3.29. The first-order valence-corrected chi connectivity index (χ1v) is 10.0. The number of nitrogens with zero attached hydrogens (tertiary/aromatic N) is 3. The van der Waals surface area contributed by atoms with Gasteiger partial charge in [-0.2, -0.15) is 5.10 Å². The van der Waals surface area contributed by atoms with Crippen LogP contribution < -0.4 is 4.74 Å². The molecule has 0 unspecified atom stereocenters. The van der Waals surface area contributed by atoms with E-state index in [-0.39, 0.29) is 11.8 Å². The molecule has 0 radical (unpaired) electrons. The number of rotatable bonds is 1. The Labute approximate surface area is 162 Å². The van der Waals surface area contributed by atoms with Crippen molar-refractivity contribution in [3.05, 3.63) is 64.1 Å². The number of piperidine rings is 1. The highest BCUT2D eigenvalue weighted by Crippen LogP contribution is 2.49. The van der Waals surface area contributed by atoms with Crippen LogP contribution in [0.25, 0.3) is 0 Å². The van der Waals surface area contributed by atoms with Crippen molar-refractivity contribution < 1.29 is 4.74 Å². The minimum absolute atomic E-state index is 0.266. The average molecular weight is 412 g/mol. The monoisotopic (exact) mass is 411 g/mol. The van der Waals surface area contributed by atoms with Crippen molar-refractivity contribution in [1.82, 2.24) is 9.91 Å². The van der Waals surface area contributed by atoms with Gasteiger partial charge >= 0.3 is 0 Å². The number of hydrogen-bond donors (Lipinski definition) is 0. The maximum absolute atomic E-state index is 6.61. The highest BCUT2D eigenvalue weighted by molar-refractivity contribution is 9.10. The number of halogens is 1. The predicted molar refractivity (Wildman–Crippen MR) is 106 cm³/mol. The summed E-state index contributed by atoms with van der Waals surface area (Å²) >= 11 is 3.52. The van der Waals surface area contributed by atoms with Crippen molar-refractivity contribution >= 4 is 21.6 Å². The van der Waals surface area contributed by atoms with Gasteiger partial charge in [-0.25, -0.2) is 5.01 Å². The first-order chi connectivity index (χ1) is 12.6. The topological polar surface area (TPSA) is 28.1 Å². The maximum Gasteiger partial charge on any atom is 0.200 e. The minimum atomic E-state index is -0.317. The van der Waals surface area contributed by atoms with Gasteiger partial charge in [0.25, 0.3) is 0 Å². The molecule has 3 aliphatic rings. The Hall–Kier alpha value is -1.85. The normalized spacial score (nSPS) is 24.0. The molecule has 0 amide bonds. The van der Waals surface area contributed by atoms with E-state index in [1.165, 1.54) is 11.1 Å². The van der Waals surface area contributed by atoms with Crippen molar-refractivity contribution in [2.75, 3.05) is 20.1 Å². The van der Waals surface area contributed by atoms with Crippen molar-refractivity contribution in [3.8, 4) is 5.75 Å². The molecule has 0 N–H and O–H groups in total. The van der Waals surface area contributed by atoms with E-state index in [1.54, 1.807) is 0 Å². The van der Waals surface area contributed by atoms with Gasteiger partial charge in [0.1, 0.15) is 5.75 Å². The van der Waals surface area contributed by atoms with Crippen molar-refractivity contribution in [1.29, 1.82) is 0 Å². The van der Waals surface area contributed by atoms with Crippen LogP contribution in [0.5, 0.6) is 5.75 Å². The van der Waals surface area contributed by atoms with Gasteiger partial charge in [0.2, 0.25) is 5.72 Å². The van der Waals surface area contributed by atoms with Crippen molar-refractivity contribution in [2.45, 2.75) is 31.0 Å². The number of ether oxygens (including phenoxy) is 1. The van der Waals surface area contributed by atoms with Crippen LogP contribution in [-0.4, -0.2) is 41.5 Å². The van der Waals surface area contributed by atoms with Crippen molar-refractivity contribution in [2.24, 2.45) is 5.10 Å². The molecule has 5 heteroatoms. The van der Waals surface area contributed by atoms with Crippen molar-refractivity contribution in [3.63, 3.8) is 0 Å².